The molecule has 0 saturated heterocycles. The van der Waals surface area contributed by atoms with Gasteiger partial charge < -0.3 is 10.2 Å². The Balaban J connectivity index is 2.05. The largest absolute Gasteiger partial charge is 0.355 e. The highest BCUT2D eigenvalue weighted by Gasteiger charge is 2.32. The molecule has 0 unspecified atom stereocenters. The lowest BCUT2D eigenvalue weighted by atomic mass is 10.1. The number of carbonyl (C=O) groups is 2. The summed E-state index contributed by atoms with van der Waals surface area (Å²) in [5.41, 5.74) is 4.17. The number of rotatable bonds is 10. The van der Waals surface area contributed by atoms with Crippen LogP contribution in [0.25, 0.3) is 0 Å². The van der Waals surface area contributed by atoms with Crippen LogP contribution in [0.4, 0.5) is 5.69 Å². The molecule has 3 aromatic rings. The highest BCUT2D eigenvalue weighted by molar-refractivity contribution is 7.92. The molecule has 7 nitrogen and oxygen atoms in total. The van der Waals surface area contributed by atoms with E-state index in [2.05, 4.69) is 5.32 Å². The third-order valence-electron chi connectivity index (χ3n) is 6.51. The van der Waals surface area contributed by atoms with E-state index in [1.54, 1.807) is 37.3 Å². The van der Waals surface area contributed by atoms with E-state index in [0.717, 1.165) is 26.6 Å². The summed E-state index contributed by atoms with van der Waals surface area (Å²) in [7, 11) is -4.06. The van der Waals surface area contributed by atoms with Crippen LogP contribution in [0.1, 0.15) is 36.1 Å². The van der Waals surface area contributed by atoms with Crippen LogP contribution in [-0.4, -0.2) is 44.3 Å². The van der Waals surface area contributed by atoms with Crippen molar-refractivity contribution in [2.45, 2.75) is 52.1 Å². The molecule has 2 amide bonds. The quantitative estimate of drug-likeness (QED) is 0.430. The highest BCUT2D eigenvalue weighted by Crippen LogP contribution is 2.26. The smallest absolute Gasteiger partial charge is 0.264 e. The summed E-state index contributed by atoms with van der Waals surface area (Å²) in [6, 6.07) is 20.2. The molecule has 196 valence electrons. The van der Waals surface area contributed by atoms with Crippen LogP contribution < -0.4 is 9.62 Å². The van der Waals surface area contributed by atoms with Gasteiger partial charge in [-0.1, -0.05) is 48.5 Å². The van der Waals surface area contributed by atoms with Crippen LogP contribution >= 0.6 is 0 Å². The molecule has 0 aromatic heterocycles. The predicted octanol–water partition coefficient (Wildman–Crippen LogP) is 4.36. The second-order valence-electron chi connectivity index (χ2n) is 9.11. The number of benzene rings is 3. The summed E-state index contributed by atoms with van der Waals surface area (Å²) in [6.07, 6.45) is 0. The average Bonchev–Trinajstić information content (AvgIpc) is 2.88. The lowest BCUT2D eigenvalue weighted by Gasteiger charge is -2.32. The van der Waals surface area contributed by atoms with Gasteiger partial charge in [-0.2, -0.15) is 0 Å². The number of sulfonamides is 1. The van der Waals surface area contributed by atoms with E-state index in [1.165, 1.54) is 17.0 Å². The summed E-state index contributed by atoms with van der Waals surface area (Å²) in [4.78, 5) is 28.2. The molecule has 0 spiro atoms. The van der Waals surface area contributed by atoms with Crippen LogP contribution in [-0.2, 0) is 26.2 Å². The molecule has 3 aromatic carbocycles. The highest BCUT2D eigenvalue weighted by atomic mass is 32.2. The number of hydrogen-bond acceptors (Lipinski definition) is 4. The van der Waals surface area contributed by atoms with Crippen LogP contribution in [0.3, 0.4) is 0 Å². The van der Waals surface area contributed by atoms with Gasteiger partial charge in [-0.25, -0.2) is 8.42 Å². The minimum absolute atomic E-state index is 0.0863. The Hall–Kier alpha value is -3.65. The maximum atomic E-state index is 13.9. The molecule has 0 aliphatic heterocycles. The van der Waals surface area contributed by atoms with E-state index >= 15 is 0 Å². The Morgan fingerprint density at radius 2 is 1.51 bits per heavy atom. The van der Waals surface area contributed by atoms with Crippen molar-refractivity contribution in [2.75, 3.05) is 17.4 Å². The standard InChI is InChI=1S/C29H35N3O4S/c1-6-30-29(34)24(5)31(19-25-13-11-10-12-22(25)3)28(33)20-32(26-17-16-21(2)23(4)18-26)37(35,36)27-14-8-7-9-15-27/h7-18,24H,6,19-20H2,1-5H3,(H,30,34)/t24-/m0/s1. The zero-order valence-electron chi connectivity index (χ0n) is 22.1. The molecule has 1 atom stereocenters. The minimum Gasteiger partial charge on any atom is -0.355 e. The Morgan fingerprint density at radius 3 is 2.14 bits per heavy atom. The van der Waals surface area contributed by atoms with Crippen molar-refractivity contribution in [1.82, 2.24) is 10.2 Å². The van der Waals surface area contributed by atoms with Gasteiger partial charge in [0.1, 0.15) is 12.6 Å². The molecule has 8 heteroatoms. The van der Waals surface area contributed by atoms with Crippen molar-refractivity contribution in [1.29, 1.82) is 0 Å². The molecule has 3 rings (SSSR count). The van der Waals surface area contributed by atoms with Crippen LogP contribution in [0.15, 0.2) is 77.7 Å². The SMILES string of the molecule is CCNC(=O)[C@H](C)N(Cc1ccccc1C)C(=O)CN(c1ccc(C)c(C)c1)S(=O)(=O)c1ccccc1. The van der Waals surface area contributed by atoms with E-state index in [-0.39, 0.29) is 17.3 Å². The van der Waals surface area contributed by atoms with E-state index in [4.69, 9.17) is 0 Å². The third kappa shape index (κ3) is 6.57. The van der Waals surface area contributed by atoms with Gasteiger partial charge in [-0.05, 0) is 81.1 Å². The van der Waals surface area contributed by atoms with Gasteiger partial charge in [0.05, 0.1) is 10.6 Å². The van der Waals surface area contributed by atoms with Crippen molar-refractivity contribution in [3.63, 3.8) is 0 Å². The van der Waals surface area contributed by atoms with Crippen LogP contribution in [0, 0.1) is 20.8 Å². The van der Waals surface area contributed by atoms with Gasteiger partial charge in [0, 0.05) is 13.1 Å². The number of likely N-dealkylation sites (N-methyl/N-ethyl adjacent to an activating group) is 1. The van der Waals surface area contributed by atoms with Gasteiger partial charge in [-0.3, -0.25) is 13.9 Å². The third-order valence-corrected chi connectivity index (χ3v) is 8.30. The van der Waals surface area contributed by atoms with Crippen molar-refractivity contribution in [2.24, 2.45) is 0 Å². The summed E-state index contributed by atoms with van der Waals surface area (Å²) in [6.45, 7) is 9.40. The van der Waals surface area contributed by atoms with E-state index in [1.807, 2.05) is 58.0 Å². The first-order valence-corrected chi connectivity index (χ1v) is 13.8. The molecule has 0 heterocycles. The van der Waals surface area contributed by atoms with Crippen LogP contribution in [0.5, 0.6) is 0 Å². The van der Waals surface area contributed by atoms with Gasteiger partial charge in [0.2, 0.25) is 11.8 Å². The molecule has 0 bridgehead atoms. The zero-order chi connectivity index (χ0) is 27.2. The number of hydrogen-bond donors (Lipinski definition) is 1. The van der Waals surface area contributed by atoms with Gasteiger partial charge in [-0.15, -0.1) is 0 Å². The van der Waals surface area contributed by atoms with Crippen molar-refractivity contribution < 1.29 is 18.0 Å². The molecule has 0 radical (unpaired) electrons. The maximum Gasteiger partial charge on any atom is 0.264 e. The monoisotopic (exact) mass is 521 g/mol. The second-order valence-corrected chi connectivity index (χ2v) is 11.0. The normalized spacial score (nSPS) is 12.0. The molecule has 0 aliphatic carbocycles. The Bertz CT molecular complexity index is 1360. The Morgan fingerprint density at radius 1 is 0.865 bits per heavy atom. The second kappa shape index (κ2) is 12.1. The summed E-state index contributed by atoms with van der Waals surface area (Å²) >= 11 is 0. The number of aryl methyl sites for hydroxylation is 3. The Labute approximate surface area is 220 Å². The Kier molecular flexibility index (Phi) is 9.10. The first-order valence-electron chi connectivity index (χ1n) is 12.3. The first-order chi connectivity index (χ1) is 17.6. The number of amides is 2. The predicted molar refractivity (Wildman–Crippen MR) is 147 cm³/mol. The van der Waals surface area contributed by atoms with Crippen LogP contribution in [0.2, 0.25) is 0 Å². The minimum atomic E-state index is -4.06. The van der Waals surface area contributed by atoms with Gasteiger partial charge >= 0.3 is 0 Å². The lowest BCUT2D eigenvalue weighted by molar-refractivity contribution is -0.139. The van der Waals surface area contributed by atoms with Crippen molar-refractivity contribution in [3.8, 4) is 0 Å². The number of carbonyl (C=O) groups excluding carboxylic acids is 2. The molecule has 1 N–H and O–H groups in total. The van der Waals surface area contributed by atoms with Gasteiger partial charge in [0.15, 0.2) is 0 Å². The van der Waals surface area contributed by atoms with E-state index in [0.29, 0.717) is 12.2 Å². The fourth-order valence-electron chi connectivity index (χ4n) is 4.00. The number of nitrogens with zero attached hydrogens (tertiary/aromatic N) is 2. The molecule has 0 aliphatic rings. The van der Waals surface area contributed by atoms with Crippen molar-refractivity contribution in [3.05, 3.63) is 95.1 Å². The summed E-state index contributed by atoms with van der Waals surface area (Å²) in [5, 5.41) is 2.77. The number of anilines is 1. The average molecular weight is 522 g/mol. The zero-order valence-corrected chi connectivity index (χ0v) is 22.9. The fourth-order valence-corrected chi connectivity index (χ4v) is 5.43. The molecule has 0 fully saturated rings. The van der Waals surface area contributed by atoms with Crippen molar-refractivity contribution >= 4 is 27.5 Å². The number of nitrogens with one attached hydrogen (secondary N) is 1. The topological polar surface area (TPSA) is 86.8 Å². The van der Waals surface area contributed by atoms with Gasteiger partial charge in [0.25, 0.3) is 10.0 Å². The molecular weight excluding hydrogens is 486 g/mol. The summed E-state index contributed by atoms with van der Waals surface area (Å²) < 4.78 is 28.7. The molecule has 37 heavy (non-hydrogen) atoms. The fraction of sp³-hybridized carbons (Fsp3) is 0.310. The van der Waals surface area contributed by atoms with E-state index in [9.17, 15) is 18.0 Å². The van der Waals surface area contributed by atoms with E-state index < -0.39 is 28.5 Å². The maximum absolute atomic E-state index is 13.9. The summed E-state index contributed by atoms with van der Waals surface area (Å²) in [5.74, 6) is -0.771. The molecule has 0 saturated carbocycles. The lowest BCUT2D eigenvalue weighted by Crippen LogP contribution is -2.51. The first kappa shape index (κ1) is 27.9. The molecular formula is C29H35N3O4S.